The van der Waals surface area contributed by atoms with Crippen molar-refractivity contribution in [2.45, 2.75) is 58.4 Å². The Morgan fingerprint density at radius 1 is 1.43 bits per heavy atom. The van der Waals surface area contributed by atoms with E-state index in [1.54, 1.807) is 5.57 Å². The van der Waals surface area contributed by atoms with Gasteiger partial charge in [0.15, 0.2) is 0 Å². The Balaban J connectivity index is 1.57. The van der Waals surface area contributed by atoms with E-state index in [1.807, 2.05) is 7.05 Å². The molecule has 2 bridgehead atoms. The maximum Gasteiger partial charge on any atom is 0.222 e. The van der Waals surface area contributed by atoms with E-state index in [0.717, 1.165) is 50.6 Å². The summed E-state index contributed by atoms with van der Waals surface area (Å²) in [7, 11) is 1.99. The molecule has 2 fully saturated rings. The molecule has 0 spiro atoms. The van der Waals surface area contributed by atoms with Crippen LogP contribution in [0.5, 0.6) is 0 Å². The number of hydrogen-bond acceptors (Lipinski definition) is 2. The number of fused-ring (bicyclic) bond motifs is 1. The average molecular weight is 290 g/mol. The molecule has 1 saturated carbocycles. The fourth-order valence-electron chi connectivity index (χ4n) is 4.72. The lowest BCUT2D eigenvalue weighted by molar-refractivity contribution is -0.129. The maximum absolute atomic E-state index is 12.1. The first-order chi connectivity index (χ1) is 10.0. The molecular formula is C18H30N2O. The van der Waals surface area contributed by atoms with Crippen molar-refractivity contribution in [1.29, 1.82) is 0 Å². The molecule has 118 valence electrons. The Hall–Kier alpha value is -0.830. The van der Waals surface area contributed by atoms with Gasteiger partial charge >= 0.3 is 0 Å². The van der Waals surface area contributed by atoms with Crippen molar-refractivity contribution in [3.05, 3.63) is 11.6 Å². The summed E-state index contributed by atoms with van der Waals surface area (Å²) in [5, 5.41) is 3.21. The van der Waals surface area contributed by atoms with E-state index in [0.29, 0.717) is 17.4 Å². The molecule has 1 heterocycles. The van der Waals surface area contributed by atoms with Gasteiger partial charge in [-0.1, -0.05) is 25.5 Å². The van der Waals surface area contributed by atoms with E-state index in [2.05, 4.69) is 30.1 Å². The third-order valence-corrected chi connectivity index (χ3v) is 6.40. The molecule has 1 N–H and O–H groups in total. The number of allylic oxidation sites excluding steroid dienone is 1. The van der Waals surface area contributed by atoms with Crippen LogP contribution in [-0.2, 0) is 4.79 Å². The minimum absolute atomic E-state index is 0.373. The zero-order chi connectivity index (χ0) is 15.0. The largest absolute Gasteiger partial charge is 0.339 e. The second-order valence-electron chi connectivity index (χ2n) is 7.74. The number of nitrogens with zero attached hydrogens (tertiary/aromatic N) is 1. The lowest BCUT2D eigenvalue weighted by atomic mass is 9.48. The second-order valence-corrected chi connectivity index (χ2v) is 7.74. The number of nitrogens with one attached hydrogen (secondary N) is 1. The van der Waals surface area contributed by atoms with Crippen LogP contribution in [0.4, 0.5) is 0 Å². The summed E-state index contributed by atoms with van der Waals surface area (Å²) in [6.45, 7) is 6.80. The van der Waals surface area contributed by atoms with Crippen molar-refractivity contribution in [2.75, 3.05) is 20.1 Å². The Bertz CT molecular complexity index is 440. The maximum atomic E-state index is 12.1. The number of carbonyl (C=O) groups excluding carboxylic acids is 1. The first-order valence-corrected chi connectivity index (χ1v) is 8.67. The minimum atomic E-state index is 0.373. The molecule has 3 heteroatoms. The number of carbonyl (C=O) groups is 1. The zero-order valence-electron chi connectivity index (χ0n) is 13.8. The molecule has 21 heavy (non-hydrogen) atoms. The van der Waals surface area contributed by atoms with E-state index >= 15 is 0 Å². The average Bonchev–Trinajstić information content (AvgIpc) is 2.83. The molecule has 0 aromatic rings. The normalized spacial score (nSPS) is 33.9. The van der Waals surface area contributed by atoms with Gasteiger partial charge in [0, 0.05) is 19.0 Å². The van der Waals surface area contributed by atoms with Crippen molar-refractivity contribution >= 4 is 5.91 Å². The number of hydrogen-bond donors (Lipinski definition) is 1. The molecule has 3 nitrogen and oxygen atoms in total. The van der Waals surface area contributed by atoms with Gasteiger partial charge in [-0.3, -0.25) is 4.79 Å². The van der Waals surface area contributed by atoms with Crippen LogP contribution in [0.1, 0.15) is 52.4 Å². The summed E-state index contributed by atoms with van der Waals surface area (Å²) in [5.74, 6) is 2.06. The third-order valence-electron chi connectivity index (χ3n) is 6.40. The van der Waals surface area contributed by atoms with Crippen molar-refractivity contribution in [2.24, 2.45) is 17.3 Å². The smallest absolute Gasteiger partial charge is 0.222 e. The van der Waals surface area contributed by atoms with Crippen LogP contribution in [0, 0.1) is 17.3 Å². The molecule has 3 aliphatic carbocycles. The number of rotatable bonds is 6. The van der Waals surface area contributed by atoms with Crippen LogP contribution in [0.15, 0.2) is 11.6 Å². The van der Waals surface area contributed by atoms with Crippen molar-refractivity contribution in [3.63, 3.8) is 0 Å². The highest BCUT2D eigenvalue weighted by molar-refractivity contribution is 5.78. The third kappa shape index (κ3) is 2.65. The fraction of sp³-hybridized carbons (Fsp3) is 0.833. The van der Waals surface area contributed by atoms with Crippen molar-refractivity contribution in [3.8, 4) is 0 Å². The van der Waals surface area contributed by atoms with Gasteiger partial charge in [-0.15, -0.1) is 0 Å². The van der Waals surface area contributed by atoms with Gasteiger partial charge < -0.3 is 10.2 Å². The summed E-state index contributed by atoms with van der Waals surface area (Å²) in [4.78, 5) is 14.3. The highest BCUT2D eigenvalue weighted by atomic mass is 16.2. The van der Waals surface area contributed by atoms with Crippen LogP contribution < -0.4 is 5.32 Å². The Kier molecular flexibility index (Phi) is 4.13. The SMILES string of the molecule is CNCC[C@H]1CCC(=O)N1CCC1=CC[C@H]2C[C@@H]1C2(C)C. The Labute approximate surface area is 129 Å². The van der Waals surface area contributed by atoms with Crippen LogP contribution >= 0.6 is 0 Å². The summed E-state index contributed by atoms with van der Waals surface area (Å²) < 4.78 is 0. The number of amides is 1. The van der Waals surface area contributed by atoms with Gasteiger partial charge in [0.25, 0.3) is 0 Å². The molecule has 4 rings (SSSR count). The molecule has 0 radical (unpaired) electrons. The monoisotopic (exact) mass is 290 g/mol. The molecule has 0 unspecified atom stereocenters. The summed E-state index contributed by atoms with van der Waals surface area (Å²) in [6.07, 6.45) is 9.13. The lowest BCUT2D eigenvalue weighted by Gasteiger charge is -2.56. The van der Waals surface area contributed by atoms with E-state index in [9.17, 15) is 4.79 Å². The van der Waals surface area contributed by atoms with Crippen LogP contribution in [-0.4, -0.2) is 37.0 Å². The highest BCUT2D eigenvalue weighted by Gasteiger charge is 2.50. The molecule has 1 saturated heterocycles. The summed E-state index contributed by atoms with van der Waals surface area (Å²) >= 11 is 0. The molecule has 0 aromatic heterocycles. The first kappa shape index (κ1) is 15.1. The van der Waals surface area contributed by atoms with Crippen LogP contribution in [0.3, 0.4) is 0 Å². The van der Waals surface area contributed by atoms with Gasteiger partial charge in [-0.2, -0.15) is 0 Å². The molecular weight excluding hydrogens is 260 g/mol. The van der Waals surface area contributed by atoms with Crippen molar-refractivity contribution in [1.82, 2.24) is 10.2 Å². The van der Waals surface area contributed by atoms with Crippen LogP contribution in [0.2, 0.25) is 0 Å². The Morgan fingerprint density at radius 2 is 2.24 bits per heavy atom. The molecule has 4 aliphatic rings. The van der Waals surface area contributed by atoms with E-state index in [-0.39, 0.29) is 0 Å². The quantitative estimate of drug-likeness (QED) is 0.763. The summed E-state index contributed by atoms with van der Waals surface area (Å²) in [5.41, 5.74) is 2.14. The highest BCUT2D eigenvalue weighted by Crippen LogP contribution is 2.59. The lowest BCUT2D eigenvalue weighted by Crippen LogP contribution is -2.48. The molecule has 1 aliphatic heterocycles. The van der Waals surface area contributed by atoms with Gasteiger partial charge in [0.05, 0.1) is 0 Å². The van der Waals surface area contributed by atoms with Gasteiger partial charge in [0.2, 0.25) is 5.91 Å². The standard InChI is InChI=1S/C18H30N2O/c1-18(2)14-5-4-13(16(18)12-14)9-11-20-15(8-10-19-3)6-7-17(20)21/h4,14-16,19H,5-12H2,1-3H3/t14-,15+,16-/m0/s1. The first-order valence-electron chi connectivity index (χ1n) is 8.67. The summed E-state index contributed by atoms with van der Waals surface area (Å²) in [6, 6.07) is 0.469. The van der Waals surface area contributed by atoms with Crippen LogP contribution in [0.25, 0.3) is 0 Å². The molecule has 0 aromatic carbocycles. The van der Waals surface area contributed by atoms with E-state index < -0.39 is 0 Å². The molecule has 3 atom stereocenters. The minimum Gasteiger partial charge on any atom is -0.339 e. The topological polar surface area (TPSA) is 32.3 Å². The Morgan fingerprint density at radius 3 is 2.90 bits per heavy atom. The predicted octanol–water partition coefficient (Wildman–Crippen LogP) is 2.97. The van der Waals surface area contributed by atoms with E-state index in [4.69, 9.17) is 0 Å². The van der Waals surface area contributed by atoms with Crippen molar-refractivity contribution < 1.29 is 4.79 Å². The predicted molar refractivity (Wildman–Crippen MR) is 86.0 cm³/mol. The van der Waals surface area contributed by atoms with Gasteiger partial charge in [0.1, 0.15) is 0 Å². The zero-order valence-corrected chi connectivity index (χ0v) is 13.8. The van der Waals surface area contributed by atoms with E-state index in [1.165, 1.54) is 12.8 Å². The second kappa shape index (κ2) is 5.75. The molecule has 1 amide bonds. The number of likely N-dealkylation sites (tertiary alicyclic amines) is 1. The van der Waals surface area contributed by atoms with Gasteiger partial charge in [-0.05, 0) is 62.9 Å². The van der Waals surface area contributed by atoms with Gasteiger partial charge in [-0.25, -0.2) is 0 Å². The fourth-order valence-corrected chi connectivity index (χ4v) is 4.72.